The van der Waals surface area contributed by atoms with Gasteiger partial charge < -0.3 is 14.2 Å². The number of ether oxygens (including phenoxy) is 3. The van der Waals surface area contributed by atoms with E-state index < -0.39 is 6.10 Å². The van der Waals surface area contributed by atoms with E-state index in [1.165, 1.54) is 173 Å². The summed E-state index contributed by atoms with van der Waals surface area (Å²) in [5.74, 6) is -0.884. The van der Waals surface area contributed by atoms with Crippen LogP contribution in [0, 0.1) is 0 Å². The van der Waals surface area contributed by atoms with Crippen molar-refractivity contribution in [2.24, 2.45) is 0 Å². The molecule has 0 aromatic heterocycles. The first-order chi connectivity index (χ1) is 38.5. The van der Waals surface area contributed by atoms with Crippen molar-refractivity contribution in [3.05, 3.63) is 97.2 Å². The SMILES string of the molecule is CC/C=C\C/C=C\C/C=C\C/C=C\C/C=C\C/C=C\CCCCCCCCCCCCCCC(=O)OCC(COC(=O)CCCCCCC/C=C\CCC)OC(=O)CCCCCCCCCCC/C=C\CCCCCCCC. The maximum Gasteiger partial charge on any atom is 0.306 e. The third-order valence-electron chi connectivity index (χ3n) is 14.3. The van der Waals surface area contributed by atoms with Crippen molar-refractivity contribution in [1.29, 1.82) is 0 Å². The highest BCUT2D eigenvalue weighted by Crippen LogP contribution is 2.16. The Balaban J connectivity index is 4.19. The first-order valence-electron chi connectivity index (χ1n) is 33.2. The van der Waals surface area contributed by atoms with Crippen LogP contribution in [0.25, 0.3) is 0 Å². The van der Waals surface area contributed by atoms with Gasteiger partial charge in [0.2, 0.25) is 0 Å². The normalized spacial score (nSPS) is 12.7. The molecule has 1 unspecified atom stereocenters. The van der Waals surface area contributed by atoms with Crippen molar-refractivity contribution in [1.82, 2.24) is 0 Å². The standard InChI is InChI=1S/C72H124O6/c1-4-7-10-13-16-19-22-24-26-28-30-31-32-33-34-35-36-37-38-39-40-41-43-44-46-48-50-53-56-59-62-65-71(74)77-68-69(67-76-70(73)64-61-58-55-52-21-18-15-12-9-6-3)78-72(75)66-63-60-57-54-51-49-47-45-42-29-27-25-23-20-17-14-11-8-5-2/h7,10,12,15-16,19,24-27,30-31,33-34,36-37,69H,4-6,8-9,11,13-14,17-18,20-23,28-29,32,35,38-68H2,1-3H3/b10-7-,15-12-,19-16-,26-24-,27-25-,31-30-,34-33-,37-36-. The molecule has 0 bridgehead atoms. The summed E-state index contributed by atoms with van der Waals surface area (Å²) in [4.78, 5) is 38.2. The number of carbonyl (C=O) groups is 3. The lowest BCUT2D eigenvalue weighted by atomic mass is 10.0. The van der Waals surface area contributed by atoms with Crippen LogP contribution in [0.5, 0.6) is 0 Å². The summed E-state index contributed by atoms with van der Waals surface area (Å²) in [6.07, 6.45) is 88.6. The van der Waals surface area contributed by atoms with Gasteiger partial charge in [-0.15, -0.1) is 0 Å². The van der Waals surface area contributed by atoms with E-state index in [0.717, 1.165) is 109 Å². The van der Waals surface area contributed by atoms with E-state index in [0.29, 0.717) is 19.3 Å². The van der Waals surface area contributed by atoms with Crippen LogP contribution in [0.2, 0.25) is 0 Å². The van der Waals surface area contributed by atoms with E-state index >= 15 is 0 Å². The molecule has 0 aliphatic heterocycles. The third kappa shape index (κ3) is 63.2. The van der Waals surface area contributed by atoms with Crippen molar-refractivity contribution < 1.29 is 28.6 Å². The molecule has 0 aliphatic rings. The fourth-order valence-corrected chi connectivity index (χ4v) is 9.33. The zero-order valence-corrected chi connectivity index (χ0v) is 51.4. The molecule has 78 heavy (non-hydrogen) atoms. The van der Waals surface area contributed by atoms with E-state index in [1.807, 2.05) is 0 Å². The Morgan fingerprint density at radius 1 is 0.269 bits per heavy atom. The predicted molar refractivity (Wildman–Crippen MR) is 339 cm³/mol. The average Bonchev–Trinajstić information content (AvgIpc) is 3.44. The minimum atomic E-state index is -0.782. The van der Waals surface area contributed by atoms with Crippen molar-refractivity contribution in [2.45, 2.75) is 329 Å². The van der Waals surface area contributed by atoms with E-state index in [2.05, 4.69) is 118 Å². The van der Waals surface area contributed by atoms with Crippen molar-refractivity contribution >= 4 is 17.9 Å². The molecule has 1 atom stereocenters. The minimum Gasteiger partial charge on any atom is -0.462 e. The van der Waals surface area contributed by atoms with Gasteiger partial charge in [-0.3, -0.25) is 14.4 Å². The highest BCUT2D eigenvalue weighted by atomic mass is 16.6. The molecule has 0 radical (unpaired) electrons. The molecule has 448 valence electrons. The molecule has 0 heterocycles. The quantitative estimate of drug-likeness (QED) is 0.0261. The number of hydrogen-bond acceptors (Lipinski definition) is 6. The molecule has 6 heteroatoms. The molecular formula is C72H124O6. The number of esters is 3. The van der Waals surface area contributed by atoms with Crippen molar-refractivity contribution in [2.75, 3.05) is 13.2 Å². The summed E-state index contributed by atoms with van der Waals surface area (Å²) >= 11 is 0. The van der Waals surface area contributed by atoms with Crippen LogP contribution in [-0.2, 0) is 28.6 Å². The van der Waals surface area contributed by atoms with Crippen LogP contribution in [0.15, 0.2) is 97.2 Å². The maximum absolute atomic E-state index is 12.9. The lowest BCUT2D eigenvalue weighted by Crippen LogP contribution is -2.30. The smallest absolute Gasteiger partial charge is 0.306 e. The van der Waals surface area contributed by atoms with E-state index in [9.17, 15) is 14.4 Å². The number of hydrogen-bond donors (Lipinski definition) is 0. The van der Waals surface area contributed by atoms with Crippen LogP contribution in [0.1, 0.15) is 323 Å². The molecule has 0 rings (SSSR count). The summed E-state index contributed by atoms with van der Waals surface area (Å²) in [7, 11) is 0. The Kier molecular flexibility index (Phi) is 62.7. The van der Waals surface area contributed by atoms with Gasteiger partial charge in [-0.25, -0.2) is 0 Å². The predicted octanol–water partition coefficient (Wildman–Crippen LogP) is 22.8. The summed E-state index contributed by atoms with van der Waals surface area (Å²) in [6.45, 7) is 6.48. The molecule has 6 nitrogen and oxygen atoms in total. The fourth-order valence-electron chi connectivity index (χ4n) is 9.33. The second kappa shape index (κ2) is 65.8. The van der Waals surface area contributed by atoms with Crippen LogP contribution in [0.3, 0.4) is 0 Å². The second-order valence-electron chi connectivity index (χ2n) is 22.0. The molecule has 0 spiro atoms. The zero-order chi connectivity index (χ0) is 56.4. The van der Waals surface area contributed by atoms with Gasteiger partial charge in [-0.1, -0.05) is 285 Å². The fraction of sp³-hybridized carbons (Fsp3) is 0.736. The summed E-state index contributed by atoms with van der Waals surface area (Å²) in [5, 5.41) is 0. The van der Waals surface area contributed by atoms with Gasteiger partial charge in [0, 0.05) is 19.3 Å². The summed E-state index contributed by atoms with van der Waals surface area (Å²) in [6, 6.07) is 0. The van der Waals surface area contributed by atoms with E-state index in [-0.39, 0.29) is 31.1 Å². The largest absolute Gasteiger partial charge is 0.462 e. The summed E-state index contributed by atoms with van der Waals surface area (Å²) in [5.41, 5.74) is 0. The molecule has 0 aromatic rings. The van der Waals surface area contributed by atoms with Crippen LogP contribution in [0.4, 0.5) is 0 Å². The van der Waals surface area contributed by atoms with Crippen LogP contribution >= 0.6 is 0 Å². The molecule has 0 saturated carbocycles. The molecule has 0 aromatic carbocycles. The molecule has 0 N–H and O–H groups in total. The van der Waals surface area contributed by atoms with Gasteiger partial charge in [0.25, 0.3) is 0 Å². The van der Waals surface area contributed by atoms with Gasteiger partial charge in [0.15, 0.2) is 6.10 Å². The number of rotatable bonds is 60. The molecular weight excluding hydrogens is 961 g/mol. The van der Waals surface area contributed by atoms with Gasteiger partial charge in [-0.05, 0) is 116 Å². The molecule has 0 fully saturated rings. The Morgan fingerprint density at radius 2 is 0.526 bits per heavy atom. The number of unbranched alkanes of at least 4 members (excludes halogenated alkanes) is 33. The maximum atomic E-state index is 12.9. The minimum absolute atomic E-state index is 0.0798. The Morgan fingerprint density at radius 3 is 0.846 bits per heavy atom. The van der Waals surface area contributed by atoms with Gasteiger partial charge in [0.1, 0.15) is 13.2 Å². The summed E-state index contributed by atoms with van der Waals surface area (Å²) < 4.78 is 16.9. The number of carbonyl (C=O) groups excluding carboxylic acids is 3. The third-order valence-corrected chi connectivity index (χ3v) is 14.3. The van der Waals surface area contributed by atoms with Gasteiger partial charge in [-0.2, -0.15) is 0 Å². The van der Waals surface area contributed by atoms with Crippen LogP contribution in [-0.4, -0.2) is 37.2 Å². The van der Waals surface area contributed by atoms with Gasteiger partial charge in [0.05, 0.1) is 0 Å². The molecule has 0 aliphatic carbocycles. The first kappa shape index (κ1) is 74.3. The van der Waals surface area contributed by atoms with Gasteiger partial charge >= 0.3 is 17.9 Å². The Bertz CT molecular complexity index is 1530. The highest BCUT2D eigenvalue weighted by molar-refractivity contribution is 5.71. The molecule has 0 saturated heterocycles. The monoisotopic (exact) mass is 1080 g/mol. The van der Waals surface area contributed by atoms with Crippen molar-refractivity contribution in [3.63, 3.8) is 0 Å². The Labute approximate surface area is 483 Å². The lowest BCUT2D eigenvalue weighted by molar-refractivity contribution is -0.167. The van der Waals surface area contributed by atoms with E-state index in [1.54, 1.807) is 0 Å². The molecule has 0 amide bonds. The number of allylic oxidation sites excluding steroid dienone is 16. The second-order valence-corrected chi connectivity index (χ2v) is 22.0. The topological polar surface area (TPSA) is 78.9 Å². The Hall–Kier alpha value is -3.67. The lowest BCUT2D eigenvalue weighted by Gasteiger charge is -2.18. The van der Waals surface area contributed by atoms with Crippen molar-refractivity contribution in [3.8, 4) is 0 Å². The highest BCUT2D eigenvalue weighted by Gasteiger charge is 2.19. The van der Waals surface area contributed by atoms with Crippen LogP contribution < -0.4 is 0 Å². The average molecular weight is 1090 g/mol. The zero-order valence-electron chi connectivity index (χ0n) is 51.4. The van der Waals surface area contributed by atoms with E-state index in [4.69, 9.17) is 14.2 Å². The first-order valence-corrected chi connectivity index (χ1v) is 33.2.